The first-order valence-electron chi connectivity index (χ1n) is 4.57. The fourth-order valence-electron chi connectivity index (χ4n) is 1.79. The van der Waals surface area contributed by atoms with Crippen LogP contribution in [0.15, 0.2) is 11.8 Å². The fourth-order valence-corrected chi connectivity index (χ4v) is 1.79. The summed E-state index contributed by atoms with van der Waals surface area (Å²) in [4.78, 5) is 12.7. The average molecular weight is 167 g/mol. The Balaban J connectivity index is 2.60. The van der Waals surface area contributed by atoms with Crippen LogP contribution < -0.4 is 0 Å². The Bertz CT molecular complexity index is 178. The van der Waals surface area contributed by atoms with Crippen LogP contribution in [-0.2, 0) is 4.79 Å². The Labute approximate surface area is 74.2 Å². The van der Waals surface area contributed by atoms with E-state index < -0.39 is 0 Å². The van der Waals surface area contributed by atoms with E-state index in [1.54, 1.807) is 0 Å². The van der Waals surface area contributed by atoms with Gasteiger partial charge >= 0.3 is 0 Å². The molecule has 0 amide bonds. The Morgan fingerprint density at radius 1 is 1.33 bits per heavy atom. The lowest BCUT2D eigenvalue weighted by Crippen LogP contribution is -2.08. The van der Waals surface area contributed by atoms with Crippen molar-refractivity contribution >= 4 is 6.29 Å². The standard InChI is InChI=1S/C10H17NO/c1-11(2)7-10(8-12)9-5-3-4-6-9/h7-9H,3-6H2,1-2H3. The van der Waals surface area contributed by atoms with Crippen LogP contribution in [-0.4, -0.2) is 25.3 Å². The van der Waals surface area contributed by atoms with Crippen LogP contribution in [0.3, 0.4) is 0 Å². The monoisotopic (exact) mass is 167 g/mol. The largest absolute Gasteiger partial charge is 0.383 e. The molecule has 0 radical (unpaired) electrons. The SMILES string of the molecule is CN(C)C=C(C=O)C1CCCC1. The molecule has 1 aliphatic rings. The zero-order valence-corrected chi connectivity index (χ0v) is 7.92. The first kappa shape index (κ1) is 9.30. The molecule has 1 aliphatic carbocycles. The van der Waals surface area contributed by atoms with Gasteiger partial charge in [0.2, 0.25) is 0 Å². The minimum atomic E-state index is 0.532. The summed E-state index contributed by atoms with van der Waals surface area (Å²) >= 11 is 0. The van der Waals surface area contributed by atoms with E-state index in [2.05, 4.69) is 0 Å². The molecule has 0 spiro atoms. The van der Waals surface area contributed by atoms with Gasteiger partial charge in [0.05, 0.1) is 0 Å². The van der Waals surface area contributed by atoms with E-state index in [1.165, 1.54) is 25.7 Å². The van der Waals surface area contributed by atoms with Crippen LogP contribution >= 0.6 is 0 Å². The normalized spacial score (nSPS) is 19.7. The van der Waals surface area contributed by atoms with Crippen molar-refractivity contribution in [3.63, 3.8) is 0 Å². The van der Waals surface area contributed by atoms with E-state index in [-0.39, 0.29) is 0 Å². The highest BCUT2D eigenvalue weighted by Crippen LogP contribution is 2.29. The molecule has 68 valence electrons. The predicted octanol–water partition coefficient (Wildman–Crippen LogP) is 1.82. The van der Waals surface area contributed by atoms with Crippen LogP contribution in [0.5, 0.6) is 0 Å². The van der Waals surface area contributed by atoms with Gasteiger partial charge in [-0.25, -0.2) is 0 Å². The van der Waals surface area contributed by atoms with E-state index in [0.29, 0.717) is 5.92 Å². The van der Waals surface area contributed by atoms with Gasteiger partial charge in [-0.15, -0.1) is 0 Å². The number of allylic oxidation sites excluding steroid dienone is 1. The molecule has 1 saturated carbocycles. The quantitative estimate of drug-likeness (QED) is 0.472. The van der Waals surface area contributed by atoms with Crippen LogP contribution in [0.2, 0.25) is 0 Å². The van der Waals surface area contributed by atoms with E-state index in [4.69, 9.17) is 0 Å². The van der Waals surface area contributed by atoms with Gasteiger partial charge < -0.3 is 4.90 Å². The van der Waals surface area contributed by atoms with Crippen LogP contribution in [0.1, 0.15) is 25.7 Å². The molecule has 2 nitrogen and oxygen atoms in total. The Kier molecular flexibility index (Phi) is 3.32. The fraction of sp³-hybridized carbons (Fsp3) is 0.700. The van der Waals surface area contributed by atoms with E-state index in [1.807, 2.05) is 25.2 Å². The molecular formula is C10H17NO. The zero-order valence-electron chi connectivity index (χ0n) is 7.92. The smallest absolute Gasteiger partial charge is 0.147 e. The van der Waals surface area contributed by atoms with Gasteiger partial charge in [-0.1, -0.05) is 12.8 Å². The first-order chi connectivity index (χ1) is 5.74. The van der Waals surface area contributed by atoms with Gasteiger partial charge in [0.15, 0.2) is 0 Å². The summed E-state index contributed by atoms with van der Waals surface area (Å²) in [5.41, 5.74) is 0.970. The molecule has 1 fully saturated rings. The second kappa shape index (κ2) is 4.29. The second-order valence-corrected chi connectivity index (χ2v) is 3.69. The zero-order chi connectivity index (χ0) is 8.97. The van der Waals surface area contributed by atoms with E-state index >= 15 is 0 Å². The third kappa shape index (κ3) is 2.36. The van der Waals surface area contributed by atoms with Gasteiger partial charge in [0, 0.05) is 25.9 Å². The predicted molar refractivity (Wildman–Crippen MR) is 49.8 cm³/mol. The molecule has 0 aliphatic heterocycles. The molecule has 1 rings (SSSR count). The maximum atomic E-state index is 10.7. The molecule has 0 N–H and O–H groups in total. The van der Waals surface area contributed by atoms with Crippen molar-refractivity contribution in [2.24, 2.45) is 5.92 Å². The van der Waals surface area contributed by atoms with Crippen molar-refractivity contribution in [3.05, 3.63) is 11.8 Å². The minimum absolute atomic E-state index is 0.532. The molecule has 0 atom stereocenters. The summed E-state index contributed by atoms with van der Waals surface area (Å²) in [5.74, 6) is 0.532. The topological polar surface area (TPSA) is 20.3 Å². The Morgan fingerprint density at radius 3 is 2.33 bits per heavy atom. The molecule has 0 saturated heterocycles. The van der Waals surface area contributed by atoms with Crippen LogP contribution in [0.25, 0.3) is 0 Å². The Hall–Kier alpha value is -0.790. The number of hydrogen-bond donors (Lipinski definition) is 0. The lowest BCUT2D eigenvalue weighted by molar-refractivity contribution is -0.105. The lowest BCUT2D eigenvalue weighted by atomic mass is 9.99. The van der Waals surface area contributed by atoms with E-state index in [9.17, 15) is 4.79 Å². The second-order valence-electron chi connectivity index (χ2n) is 3.69. The van der Waals surface area contributed by atoms with Gasteiger partial charge in [-0.05, 0) is 18.8 Å². The summed E-state index contributed by atoms with van der Waals surface area (Å²) in [6, 6.07) is 0. The van der Waals surface area contributed by atoms with E-state index in [0.717, 1.165) is 11.9 Å². The molecule has 0 heterocycles. The third-order valence-corrected chi connectivity index (χ3v) is 2.37. The summed E-state index contributed by atoms with van der Waals surface area (Å²) in [6.45, 7) is 0. The van der Waals surface area contributed by atoms with Crippen molar-refractivity contribution in [2.75, 3.05) is 14.1 Å². The van der Waals surface area contributed by atoms with Crippen molar-refractivity contribution in [3.8, 4) is 0 Å². The lowest BCUT2D eigenvalue weighted by Gasteiger charge is -2.12. The number of rotatable bonds is 3. The average Bonchev–Trinajstić information content (AvgIpc) is 2.51. The van der Waals surface area contributed by atoms with Crippen LogP contribution in [0.4, 0.5) is 0 Å². The first-order valence-corrected chi connectivity index (χ1v) is 4.57. The number of hydrogen-bond acceptors (Lipinski definition) is 2. The summed E-state index contributed by atoms with van der Waals surface area (Å²) in [7, 11) is 3.91. The maximum absolute atomic E-state index is 10.7. The number of nitrogens with zero attached hydrogens (tertiary/aromatic N) is 1. The minimum Gasteiger partial charge on any atom is -0.383 e. The summed E-state index contributed by atoms with van der Waals surface area (Å²) in [5, 5.41) is 0. The van der Waals surface area contributed by atoms with Gasteiger partial charge in [-0.2, -0.15) is 0 Å². The number of carbonyl (C=O) groups excluding carboxylic acids is 1. The molecule has 0 aromatic heterocycles. The van der Waals surface area contributed by atoms with Gasteiger partial charge in [0.25, 0.3) is 0 Å². The molecular weight excluding hydrogens is 150 g/mol. The molecule has 0 aromatic rings. The molecule has 0 aromatic carbocycles. The Morgan fingerprint density at radius 2 is 1.92 bits per heavy atom. The number of aldehydes is 1. The van der Waals surface area contributed by atoms with Gasteiger partial charge in [-0.3, -0.25) is 4.79 Å². The van der Waals surface area contributed by atoms with Gasteiger partial charge in [0.1, 0.15) is 6.29 Å². The number of carbonyl (C=O) groups is 1. The van der Waals surface area contributed by atoms with Crippen molar-refractivity contribution in [1.82, 2.24) is 4.90 Å². The van der Waals surface area contributed by atoms with Crippen LogP contribution in [0, 0.1) is 5.92 Å². The highest BCUT2D eigenvalue weighted by Gasteiger charge is 2.18. The highest BCUT2D eigenvalue weighted by molar-refractivity contribution is 5.73. The summed E-state index contributed by atoms with van der Waals surface area (Å²) in [6.07, 6.45) is 7.91. The summed E-state index contributed by atoms with van der Waals surface area (Å²) < 4.78 is 0. The molecule has 0 bridgehead atoms. The van der Waals surface area contributed by atoms with Crippen molar-refractivity contribution < 1.29 is 4.79 Å². The maximum Gasteiger partial charge on any atom is 0.147 e. The molecule has 12 heavy (non-hydrogen) atoms. The van der Waals surface area contributed by atoms with Crippen molar-refractivity contribution in [2.45, 2.75) is 25.7 Å². The molecule has 2 heteroatoms. The van der Waals surface area contributed by atoms with Crippen molar-refractivity contribution in [1.29, 1.82) is 0 Å². The third-order valence-electron chi connectivity index (χ3n) is 2.37. The highest BCUT2D eigenvalue weighted by atomic mass is 16.1. The molecule has 0 unspecified atom stereocenters.